The van der Waals surface area contributed by atoms with Crippen molar-refractivity contribution in [3.63, 3.8) is 0 Å². The Hall–Kier alpha value is -2.13. The van der Waals surface area contributed by atoms with Gasteiger partial charge >= 0.3 is 0 Å². The second-order valence-corrected chi connectivity index (χ2v) is 6.51. The van der Waals surface area contributed by atoms with E-state index in [1.807, 2.05) is 43.3 Å². The third-order valence-corrected chi connectivity index (χ3v) is 4.89. The standard InChI is InChI=1S/C20H24N2O/c1-14(19(21)16-10-6-3-7-11-16)20(23)22-18-12-17(13-18)15-8-4-2-5-9-15/h2-11,14,17-19H,12-13,21H2,1H3,(H,22,23). The van der Waals surface area contributed by atoms with E-state index in [2.05, 4.69) is 29.6 Å². The third kappa shape index (κ3) is 3.62. The molecular weight excluding hydrogens is 284 g/mol. The quantitative estimate of drug-likeness (QED) is 0.889. The molecule has 2 atom stereocenters. The summed E-state index contributed by atoms with van der Waals surface area (Å²) in [4.78, 5) is 12.4. The highest BCUT2D eigenvalue weighted by Crippen LogP contribution is 2.37. The molecule has 2 aromatic rings. The maximum absolute atomic E-state index is 12.4. The highest BCUT2D eigenvalue weighted by atomic mass is 16.2. The molecule has 0 saturated heterocycles. The first-order valence-electron chi connectivity index (χ1n) is 8.31. The largest absolute Gasteiger partial charge is 0.353 e. The Kier molecular flexibility index (Phi) is 4.77. The van der Waals surface area contributed by atoms with Crippen molar-refractivity contribution in [1.29, 1.82) is 0 Å². The van der Waals surface area contributed by atoms with E-state index < -0.39 is 0 Å². The molecule has 120 valence electrons. The molecule has 0 aliphatic heterocycles. The van der Waals surface area contributed by atoms with Gasteiger partial charge in [-0.15, -0.1) is 0 Å². The lowest BCUT2D eigenvalue weighted by Gasteiger charge is -2.37. The van der Waals surface area contributed by atoms with Crippen LogP contribution in [0.4, 0.5) is 0 Å². The van der Waals surface area contributed by atoms with E-state index in [-0.39, 0.29) is 23.9 Å². The molecule has 0 bridgehead atoms. The molecule has 3 heteroatoms. The van der Waals surface area contributed by atoms with Gasteiger partial charge in [0, 0.05) is 12.1 Å². The summed E-state index contributed by atoms with van der Waals surface area (Å²) in [6, 6.07) is 20.3. The van der Waals surface area contributed by atoms with Crippen LogP contribution in [0.2, 0.25) is 0 Å². The minimum absolute atomic E-state index is 0.0536. The lowest BCUT2D eigenvalue weighted by atomic mass is 9.75. The number of hydrogen-bond donors (Lipinski definition) is 2. The van der Waals surface area contributed by atoms with Crippen LogP contribution in [0.5, 0.6) is 0 Å². The third-order valence-electron chi connectivity index (χ3n) is 4.89. The highest BCUT2D eigenvalue weighted by Gasteiger charge is 2.33. The van der Waals surface area contributed by atoms with Crippen LogP contribution in [0, 0.1) is 5.92 Å². The van der Waals surface area contributed by atoms with Crippen LogP contribution >= 0.6 is 0 Å². The lowest BCUT2D eigenvalue weighted by Crippen LogP contribution is -2.46. The number of rotatable bonds is 5. The Bertz CT molecular complexity index is 635. The lowest BCUT2D eigenvalue weighted by molar-refractivity contribution is -0.126. The first-order valence-corrected chi connectivity index (χ1v) is 8.31. The minimum Gasteiger partial charge on any atom is -0.353 e. The van der Waals surface area contributed by atoms with Crippen molar-refractivity contribution in [3.05, 3.63) is 71.8 Å². The fraction of sp³-hybridized carbons (Fsp3) is 0.350. The molecule has 23 heavy (non-hydrogen) atoms. The van der Waals surface area contributed by atoms with Crippen molar-refractivity contribution in [3.8, 4) is 0 Å². The fourth-order valence-electron chi connectivity index (χ4n) is 3.19. The van der Waals surface area contributed by atoms with E-state index >= 15 is 0 Å². The van der Waals surface area contributed by atoms with Crippen molar-refractivity contribution < 1.29 is 4.79 Å². The Morgan fingerprint density at radius 3 is 2.22 bits per heavy atom. The van der Waals surface area contributed by atoms with E-state index in [1.165, 1.54) is 5.56 Å². The SMILES string of the molecule is CC(C(=O)NC1CC(c2ccccc2)C1)C(N)c1ccccc1. The van der Waals surface area contributed by atoms with Crippen molar-refractivity contribution in [2.24, 2.45) is 11.7 Å². The van der Waals surface area contributed by atoms with Gasteiger partial charge in [-0.1, -0.05) is 67.6 Å². The first-order chi connectivity index (χ1) is 11.1. The maximum atomic E-state index is 12.4. The van der Waals surface area contributed by atoms with Crippen LogP contribution in [-0.2, 0) is 4.79 Å². The number of carbonyl (C=O) groups is 1. The molecule has 0 heterocycles. The number of amides is 1. The number of carbonyl (C=O) groups excluding carboxylic acids is 1. The zero-order chi connectivity index (χ0) is 16.2. The monoisotopic (exact) mass is 308 g/mol. The second-order valence-electron chi connectivity index (χ2n) is 6.51. The average Bonchev–Trinajstić information content (AvgIpc) is 2.57. The summed E-state index contributed by atoms with van der Waals surface area (Å²) in [6.07, 6.45) is 2.03. The van der Waals surface area contributed by atoms with Gasteiger partial charge in [0.25, 0.3) is 0 Å². The number of hydrogen-bond acceptors (Lipinski definition) is 2. The summed E-state index contributed by atoms with van der Waals surface area (Å²) in [5, 5.41) is 3.15. The Morgan fingerprint density at radius 1 is 1.04 bits per heavy atom. The summed E-state index contributed by atoms with van der Waals surface area (Å²) in [5.41, 5.74) is 8.61. The molecule has 3 N–H and O–H groups in total. The predicted octanol–water partition coefficient (Wildman–Crippen LogP) is 3.38. The fourth-order valence-corrected chi connectivity index (χ4v) is 3.19. The Morgan fingerprint density at radius 2 is 1.61 bits per heavy atom. The van der Waals surface area contributed by atoms with Crippen molar-refractivity contribution >= 4 is 5.91 Å². The van der Waals surface area contributed by atoms with Crippen LogP contribution in [0.25, 0.3) is 0 Å². The zero-order valence-corrected chi connectivity index (χ0v) is 13.5. The molecule has 2 aromatic carbocycles. The number of benzene rings is 2. The molecule has 3 nitrogen and oxygen atoms in total. The first kappa shape index (κ1) is 15.8. The second kappa shape index (κ2) is 6.97. The molecule has 1 aliphatic carbocycles. The van der Waals surface area contributed by atoms with E-state index in [4.69, 9.17) is 5.73 Å². The molecule has 1 amide bonds. The molecule has 0 spiro atoms. The van der Waals surface area contributed by atoms with Gasteiger partial charge in [0.2, 0.25) is 5.91 Å². The van der Waals surface area contributed by atoms with E-state index in [1.54, 1.807) is 0 Å². The molecular formula is C20H24N2O. The van der Waals surface area contributed by atoms with Gasteiger partial charge < -0.3 is 11.1 Å². The van der Waals surface area contributed by atoms with Crippen molar-refractivity contribution in [1.82, 2.24) is 5.32 Å². The van der Waals surface area contributed by atoms with Crippen LogP contribution in [-0.4, -0.2) is 11.9 Å². The molecule has 0 aromatic heterocycles. The van der Waals surface area contributed by atoms with Crippen LogP contribution in [0.3, 0.4) is 0 Å². The van der Waals surface area contributed by atoms with Crippen LogP contribution < -0.4 is 11.1 Å². The summed E-state index contributed by atoms with van der Waals surface area (Å²) < 4.78 is 0. The summed E-state index contributed by atoms with van der Waals surface area (Å²) in [7, 11) is 0. The smallest absolute Gasteiger partial charge is 0.224 e. The average molecular weight is 308 g/mol. The maximum Gasteiger partial charge on any atom is 0.224 e. The molecule has 1 saturated carbocycles. The van der Waals surface area contributed by atoms with Gasteiger partial charge in [-0.2, -0.15) is 0 Å². The summed E-state index contributed by atoms with van der Waals surface area (Å²) in [5.74, 6) is 0.394. The zero-order valence-electron chi connectivity index (χ0n) is 13.5. The normalized spacial score (nSPS) is 22.7. The van der Waals surface area contributed by atoms with E-state index in [0.717, 1.165) is 18.4 Å². The topological polar surface area (TPSA) is 55.1 Å². The molecule has 1 aliphatic rings. The highest BCUT2D eigenvalue weighted by molar-refractivity contribution is 5.79. The van der Waals surface area contributed by atoms with Gasteiger partial charge in [0.1, 0.15) is 0 Å². The van der Waals surface area contributed by atoms with Crippen molar-refractivity contribution in [2.75, 3.05) is 0 Å². The van der Waals surface area contributed by atoms with E-state index in [9.17, 15) is 4.79 Å². The van der Waals surface area contributed by atoms with Gasteiger partial charge in [0.05, 0.1) is 5.92 Å². The van der Waals surface area contributed by atoms with Crippen LogP contribution in [0.15, 0.2) is 60.7 Å². The van der Waals surface area contributed by atoms with Gasteiger partial charge in [-0.05, 0) is 29.9 Å². The molecule has 0 radical (unpaired) electrons. The van der Waals surface area contributed by atoms with Gasteiger partial charge in [-0.25, -0.2) is 0 Å². The Labute approximate surface area is 137 Å². The molecule has 1 fully saturated rings. The van der Waals surface area contributed by atoms with Gasteiger partial charge in [0.15, 0.2) is 0 Å². The summed E-state index contributed by atoms with van der Waals surface area (Å²) in [6.45, 7) is 1.90. The van der Waals surface area contributed by atoms with Gasteiger partial charge in [-0.3, -0.25) is 4.79 Å². The van der Waals surface area contributed by atoms with Crippen LogP contribution in [0.1, 0.15) is 42.9 Å². The predicted molar refractivity (Wildman–Crippen MR) is 92.9 cm³/mol. The number of nitrogens with two attached hydrogens (primary N) is 1. The Balaban J connectivity index is 1.50. The summed E-state index contributed by atoms with van der Waals surface area (Å²) >= 11 is 0. The molecule has 2 unspecified atom stereocenters. The minimum atomic E-state index is -0.263. The molecule has 3 rings (SSSR count). The van der Waals surface area contributed by atoms with E-state index in [0.29, 0.717) is 5.92 Å². The van der Waals surface area contributed by atoms with Crippen molar-refractivity contribution in [2.45, 2.75) is 37.8 Å². The number of nitrogens with one attached hydrogen (secondary N) is 1.